The summed E-state index contributed by atoms with van der Waals surface area (Å²) in [6.45, 7) is 1.90. The van der Waals surface area contributed by atoms with E-state index in [4.69, 9.17) is 14.6 Å². The maximum atomic E-state index is 10.5. The predicted molar refractivity (Wildman–Crippen MR) is 51.9 cm³/mol. The Hall–Kier alpha value is -0.593. The van der Waals surface area contributed by atoms with Gasteiger partial charge in [0.25, 0.3) is 0 Å². The van der Waals surface area contributed by atoms with E-state index in [1.54, 1.807) is 0 Å². The first-order valence-electron chi connectivity index (χ1n) is 4.06. The van der Waals surface area contributed by atoms with E-state index in [1.165, 1.54) is 14.2 Å². The average molecular weight is 207 g/mol. The van der Waals surface area contributed by atoms with E-state index in [2.05, 4.69) is 5.32 Å². The number of methoxy groups -OCH3 is 2. The number of carboxylic acid groups (broad SMARTS) is 1. The van der Waals surface area contributed by atoms with Crippen molar-refractivity contribution in [2.75, 3.05) is 14.2 Å². The molecule has 0 spiro atoms. The van der Waals surface area contributed by atoms with Crippen molar-refractivity contribution in [3.05, 3.63) is 0 Å². The van der Waals surface area contributed by atoms with Crippen LogP contribution in [0.5, 0.6) is 0 Å². The van der Waals surface area contributed by atoms with Gasteiger partial charge in [-0.25, -0.2) is 4.79 Å². The average Bonchev–Trinajstić information content (AvgIpc) is 2.05. The molecule has 0 fully saturated rings. The maximum absolute atomic E-state index is 10.5. The minimum Gasteiger partial charge on any atom is -0.465 e. The standard InChI is InChI=1S/C7H17NO4Si/c1-4-7(13,8-6(9)10)5(11-2)12-3/h5,8H,4H2,1-3,13H3,(H,9,10). The zero-order valence-corrected chi connectivity index (χ0v) is 10.5. The van der Waals surface area contributed by atoms with E-state index < -0.39 is 17.5 Å². The predicted octanol–water partition coefficient (Wildman–Crippen LogP) is -0.655. The van der Waals surface area contributed by atoms with Gasteiger partial charge in [0.1, 0.15) is 0 Å². The number of amides is 1. The molecular formula is C7H17NO4Si. The van der Waals surface area contributed by atoms with Crippen molar-refractivity contribution in [1.82, 2.24) is 5.32 Å². The van der Waals surface area contributed by atoms with Crippen molar-refractivity contribution < 1.29 is 19.4 Å². The smallest absolute Gasteiger partial charge is 0.404 e. The Balaban J connectivity index is 4.48. The van der Waals surface area contributed by atoms with Crippen LogP contribution in [0.2, 0.25) is 0 Å². The summed E-state index contributed by atoms with van der Waals surface area (Å²) in [5.74, 6) is 0. The molecule has 0 bridgehead atoms. The highest BCUT2D eigenvalue weighted by atomic mass is 28.1. The molecule has 0 saturated carbocycles. The van der Waals surface area contributed by atoms with E-state index in [0.29, 0.717) is 16.7 Å². The van der Waals surface area contributed by atoms with Crippen LogP contribution in [-0.2, 0) is 9.47 Å². The molecule has 0 aromatic carbocycles. The number of carbonyl (C=O) groups is 1. The second-order valence-electron chi connectivity index (χ2n) is 3.00. The third kappa shape index (κ3) is 3.33. The molecule has 1 atom stereocenters. The molecule has 0 aliphatic heterocycles. The number of hydrogen-bond acceptors (Lipinski definition) is 3. The van der Waals surface area contributed by atoms with Crippen LogP contribution in [0, 0.1) is 0 Å². The second kappa shape index (κ2) is 5.20. The zero-order chi connectivity index (χ0) is 10.5. The van der Waals surface area contributed by atoms with Crippen LogP contribution in [0.25, 0.3) is 0 Å². The molecule has 6 heteroatoms. The molecule has 0 rings (SSSR count). The van der Waals surface area contributed by atoms with E-state index in [9.17, 15) is 4.79 Å². The van der Waals surface area contributed by atoms with Crippen LogP contribution < -0.4 is 5.32 Å². The second-order valence-corrected chi connectivity index (χ2v) is 4.79. The Bertz CT molecular complexity index is 174. The van der Waals surface area contributed by atoms with Gasteiger partial charge >= 0.3 is 6.09 Å². The minimum absolute atomic E-state index is 0.514. The monoisotopic (exact) mass is 207 g/mol. The molecule has 2 N–H and O–H groups in total. The van der Waals surface area contributed by atoms with Gasteiger partial charge < -0.3 is 19.9 Å². The third-order valence-electron chi connectivity index (χ3n) is 2.08. The first kappa shape index (κ1) is 12.4. The van der Waals surface area contributed by atoms with Crippen LogP contribution >= 0.6 is 0 Å². The van der Waals surface area contributed by atoms with Crippen LogP contribution in [0.15, 0.2) is 0 Å². The van der Waals surface area contributed by atoms with E-state index >= 15 is 0 Å². The lowest BCUT2D eigenvalue weighted by Gasteiger charge is -2.34. The third-order valence-corrected chi connectivity index (χ3v) is 3.50. The molecule has 1 unspecified atom stereocenters. The van der Waals surface area contributed by atoms with Gasteiger partial charge in [-0.05, 0) is 6.42 Å². The fourth-order valence-electron chi connectivity index (χ4n) is 1.17. The Labute approximate surface area is 80.8 Å². The fraction of sp³-hybridized carbons (Fsp3) is 0.857. The van der Waals surface area contributed by atoms with Gasteiger partial charge in [0.15, 0.2) is 6.29 Å². The quantitative estimate of drug-likeness (QED) is 0.464. The summed E-state index contributed by atoms with van der Waals surface area (Å²) in [5, 5.41) is 10.5. The van der Waals surface area contributed by atoms with Crippen LogP contribution in [0.1, 0.15) is 13.3 Å². The molecule has 13 heavy (non-hydrogen) atoms. The maximum Gasteiger partial charge on any atom is 0.404 e. The van der Waals surface area contributed by atoms with Gasteiger partial charge in [-0.15, -0.1) is 0 Å². The Morgan fingerprint density at radius 3 is 2.31 bits per heavy atom. The molecule has 0 radical (unpaired) electrons. The minimum atomic E-state index is -1.05. The molecule has 0 heterocycles. The molecule has 5 nitrogen and oxygen atoms in total. The van der Waals surface area contributed by atoms with Crippen molar-refractivity contribution in [1.29, 1.82) is 0 Å². The van der Waals surface area contributed by atoms with Gasteiger partial charge in [0, 0.05) is 24.5 Å². The zero-order valence-electron chi connectivity index (χ0n) is 8.46. The van der Waals surface area contributed by atoms with E-state index in [1.807, 2.05) is 6.92 Å². The Morgan fingerprint density at radius 1 is 1.62 bits per heavy atom. The number of hydrogen-bond donors (Lipinski definition) is 2. The molecule has 0 aliphatic carbocycles. The molecule has 0 aromatic heterocycles. The summed E-state index contributed by atoms with van der Waals surface area (Å²) >= 11 is 0. The molecule has 0 saturated heterocycles. The van der Waals surface area contributed by atoms with Gasteiger partial charge in [-0.3, -0.25) is 0 Å². The van der Waals surface area contributed by atoms with Crippen molar-refractivity contribution in [3.63, 3.8) is 0 Å². The number of ether oxygens (including phenoxy) is 2. The largest absolute Gasteiger partial charge is 0.465 e. The van der Waals surface area contributed by atoms with Gasteiger partial charge in [-0.1, -0.05) is 6.92 Å². The van der Waals surface area contributed by atoms with Crippen molar-refractivity contribution in [2.45, 2.75) is 24.8 Å². The van der Waals surface area contributed by atoms with Gasteiger partial charge in [0.2, 0.25) is 0 Å². The summed E-state index contributed by atoms with van der Waals surface area (Å²) in [6, 6.07) is 0. The highest BCUT2D eigenvalue weighted by molar-refractivity contribution is 6.16. The summed E-state index contributed by atoms with van der Waals surface area (Å²) in [4.78, 5) is 10.5. The molecule has 0 aliphatic rings. The highest BCUT2D eigenvalue weighted by Crippen LogP contribution is 2.14. The van der Waals surface area contributed by atoms with Crippen LogP contribution in [-0.4, -0.2) is 47.1 Å². The normalized spacial score (nSPS) is 15.7. The highest BCUT2D eigenvalue weighted by Gasteiger charge is 2.34. The first-order valence-corrected chi connectivity index (χ1v) is 5.06. The Kier molecular flexibility index (Phi) is 4.97. The fourth-order valence-corrected chi connectivity index (χ4v) is 1.86. The number of nitrogens with one attached hydrogen (secondary N) is 1. The Morgan fingerprint density at radius 2 is 2.08 bits per heavy atom. The van der Waals surface area contributed by atoms with Gasteiger partial charge in [0.05, 0.1) is 5.16 Å². The summed E-state index contributed by atoms with van der Waals surface area (Å²) in [5.41, 5.74) is 0. The van der Waals surface area contributed by atoms with E-state index in [0.717, 1.165) is 0 Å². The molecule has 0 aromatic rings. The lowest BCUT2D eigenvalue weighted by molar-refractivity contribution is -0.133. The van der Waals surface area contributed by atoms with Crippen LogP contribution in [0.3, 0.4) is 0 Å². The summed E-state index contributed by atoms with van der Waals surface area (Å²) < 4.78 is 10.1. The summed E-state index contributed by atoms with van der Waals surface area (Å²) in [6.07, 6.45) is -0.908. The topological polar surface area (TPSA) is 67.8 Å². The van der Waals surface area contributed by atoms with Crippen molar-refractivity contribution >= 4 is 16.3 Å². The molecule has 78 valence electrons. The molecular weight excluding hydrogens is 190 g/mol. The van der Waals surface area contributed by atoms with Gasteiger partial charge in [-0.2, -0.15) is 0 Å². The van der Waals surface area contributed by atoms with E-state index in [-0.39, 0.29) is 0 Å². The van der Waals surface area contributed by atoms with Crippen molar-refractivity contribution in [2.24, 2.45) is 0 Å². The van der Waals surface area contributed by atoms with Crippen molar-refractivity contribution in [3.8, 4) is 0 Å². The molecule has 1 amide bonds. The van der Waals surface area contributed by atoms with Crippen LogP contribution in [0.4, 0.5) is 4.79 Å². The number of rotatable bonds is 5. The SMILES string of the molecule is CCC([SiH3])(NC(=O)O)C(OC)OC. The lowest BCUT2D eigenvalue weighted by Crippen LogP contribution is -2.57. The summed E-state index contributed by atoms with van der Waals surface area (Å²) in [7, 11) is 3.63. The lowest BCUT2D eigenvalue weighted by atomic mass is 10.2. The first-order chi connectivity index (χ1) is 6.00.